The highest BCUT2D eigenvalue weighted by molar-refractivity contribution is 7.86. The first-order valence-electron chi connectivity index (χ1n) is 7.13. The molecule has 3 aromatic rings. The van der Waals surface area contributed by atoms with Gasteiger partial charge in [0.25, 0.3) is 20.2 Å². The van der Waals surface area contributed by atoms with Gasteiger partial charge in [0, 0.05) is 16.8 Å². The summed E-state index contributed by atoms with van der Waals surface area (Å²) in [5.74, 6) is 0.0876. The molecule has 0 spiro atoms. The summed E-state index contributed by atoms with van der Waals surface area (Å²) in [4.78, 5) is -1.28. The molecule has 0 aliphatic rings. The molecule has 8 nitrogen and oxygen atoms in total. The van der Waals surface area contributed by atoms with Crippen molar-refractivity contribution in [3.05, 3.63) is 54.6 Å². The van der Waals surface area contributed by atoms with Gasteiger partial charge in [-0.1, -0.05) is 6.07 Å². The molecule has 10 heteroatoms. The van der Waals surface area contributed by atoms with E-state index in [1.54, 1.807) is 12.1 Å². The van der Waals surface area contributed by atoms with E-state index in [1.165, 1.54) is 30.3 Å². The average molecular weight is 395 g/mol. The summed E-state index contributed by atoms with van der Waals surface area (Å²) in [6.45, 7) is 0. The van der Waals surface area contributed by atoms with Gasteiger partial charge in [-0.2, -0.15) is 16.8 Å². The maximum absolute atomic E-state index is 11.6. The summed E-state index contributed by atoms with van der Waals surface area (Å²) < 4.78 is 64.5. The third-order valence-electron chi connectivity index (χ3n) is 3.62. The maximum atomic E-state index is 11.6. The minimum Gasteiger partial charge on any atom is -0.508 e. The van der Waals surface area contributed by atoms with E-state index >= 15 is 0 Å². The number of fused-ring (bicyclic) bond motifs is 1. The lowest BCUT2D eigenvalue weighted by Gasteiger charge is -2.11. The number of anilines is 2. The molecule has 0 aliphatic heterocycles. The van der Waals surface area contributed by atoms with Crippen molar-refractivity contribution in [3.63, 3.8) is 0 Å². The topological polar surface area (TPSA) is 141 Å². The fraction of sp³-hybridized carbons (Fsp3) is 0. The Morgan fingerprint density at radius 1 is 0.731 bits per heavy atom. The molecule has 26 heavy (non-hydrogen) atoms. The van der Waals surface area contributed by atoms with Gasteiger partial charge in [0.1, 0.15) is 10.6 Å². The highest BCUT2D eigenvalue weighted by atomic mass is 32.2. The van der Waals surface area contributed by atoms with Crippen molar-refractivity contribution in [2.75, 3.05) is 5.32 Å². The van der Waals surface area contributed by atoms with E-state index in [1.807, 2.05) is 0 Å². The Morgan fingerprint density at radius 3 is 1.92 bits per heavy atom. The number of nitrogens with one attached hydrogen (secondary N) is 1. The van der Waals surface area contributed by atoms with Gasteiger partial charge in [-0.3, -0.25) is 9.11 Å². The van der Waals surface area contributed by atoms with E-state index in [4.69, 9.17) is 0 Å². The van der Waals surface area contributed by atoms with Gasteiger partial charge < -0.3 is 10.4 Å². The number of aromatic hydroxyl groups is 1. The second-order valence-corrected chi connectivity index (χ2v) is 8.29. The first-order chi connectivity index (χ1) is 12.0. The predicted octanol–water partition coefficient (Wildman–Crippen LogP) is 2.78. The molecule has 3 aromatic carbocycles. The van der Waals surface area contributed by atoms with Crippen LogP contribution in [0.4, 0.5) is 11.4 Å². The fourth-order valence-electron chi connectivity index (χ4n) is 2.46. The number of benzene rings is 3. The Kier molecular flexibility index (Phi) is 4.36. The zero-order chi connectivity index (χ0) is 19.1. The SMILES string of the molecule is O=S(=O)(O)c1cc(S(=O)(=O)O)c2ccc(Nc3ccc(O)cc3)cc2c1. The number of phenolic OH excluding ortho intramolecular Hbond substituents is 1. The lowest BCUT2D eigenvalue weighted by molar-refractivity contribution is 0.475. The molecule has 0 bridgehead atoms. The van der Waals surface area contributed by atoms with Crippen LogP contribution in [0, 0.1) is 0 Å². The van der Waals surface area contributed by atoms with E-state index in [0.717, 1.165) is 6.07 Å². The summed E-state index contributed by atoms with van der Waals surface area (Å²) in [7, 11) is -9.39. The monoisotopic (exact) mass is 395 g/mol. The van der Waals surface area contributed by atoms with Gasteiger partial charge >= 0.3 is 0 Å². The van der Waals surface area contributed by atoms with Crippen LogP contribution in [0.2, 0.25) is 0 Å². The van der Waals surface area contributed by atoms with Crippen molar-refractivity contribution in [3.8, 4) is 5.75 Å². The smallest absolute Gasteiger partial charge is 0.295 e. The largest absolute Gasteiger partial charge is 0.508 e. The number of hydrogen-bond donors (Lipinski definition) is 4. The Labute approximate surface area is 149 Å². The molecule has 0 aliphatic carbocycles. The first-order valence-corrected chi connectivity index (χ1v) is 10.0. The van der Waals surface area contributed by atoms with Crippen LogP contribution in [0.5, 0.6) is 5.75 Å². The molecular weight excluding hydrogens is 382 g/mol. The van der Waals surface area contributed by atoms with Crippen LogP contribution in [0.25, 0.3) is 10.8 Å². The summed E-state index contributed by atoms with van der Waals surface area (Å²) in [5.41, 5.74) is 1.13. The molecule has 3 rings (SSSR count). The third-order valence-corrected chi connectivity index (χ3v) is 5.34. The van der Waals surface area contributed by atoms with Crippen molar-refractivity contribution in [2.24, 2.45) is 0 Å². The van der Waals surface area contributed by atoms with Crippen molar-refractivity contribution in [1.29, 1.82) is 0 Å². The molecule has 0 saturated heterocycles. The van der Waals surface area contributed by atoms with Crippen LogP contribution < -0.4 is 5.32 Å². The minimum absolute atomic E-state index is 0.0876. The second kappa shape index (κ2) is 6.25. The molecule has 136 valence electrons. The van der Waals surface area contributed by atoms with Gasteiger partial charge in [0.05, 0.1) is 4.90 Å². The molecular formula is C16H13NO7S2. The van der Waals surface area contributed by atoms with E-state index < -0.39 is 30.0 Å². The van der Waals surface area contributed by atoms with Gasteiger partial charge in [-0.25, -0.2) is 0 Å². The maximum Gasteiger partial charge on any atom is 0.295 e. The van der Waals surface area contributed by atoms with E-state index in [-0.39, 0.29) is 16.5 Å². The molecule has 0 fully saturated rings. The molecule has 0 unspecified atom stereocenters. The highest BCUT2D eigenvalue weighted by Crippen LogP contribution is 2.30. The van der Waals surface area contributed by atoms with Crippen molar-refractivity contribution in [1.82, 2.24) is 0 Å². The first kappa shape index (κ1) is 18.1. The van der Waals surface area contributed by atoms with Crippen LogP contribution in [-0.4, -0.2) is 31.0 Å². The van der Waals surface area contributed by atoms with E-state index in [0.29, 0.717) is 17.4 Å². The van der Waals surface area contributed by atoms with Crippen LogP contribution in [-0.2, 0) is 20.2 Å². The van der Waals surface area contributed by atoms with Crippen molar-refractivity contribution >= 4 is 42.4 Å². The van der Waals surface area contributed by atoms with Crippen molar-refractivity contribution < 1.29 is 31.0 Å². The summed E-state index contributed by atoms with van der Waals surface area (Å²) in [6.07, 6.45) is 0. The lowest BCUT2D eigenvalue weighted by Crippen LogP contribution is -2.04. The average Bonchev–Trinajstić information content (AvgIpc) is 2.54. The second-order valence-electron chi connectivity index (χ2n) is 5.48. The third kappa shape index (κ3) is 3.78. The van der Waals surface area contributed by atoms with Gasteiger partial charge in [0.15, 0.2) is 0 Å². The van der Waals surface area contributed by atoms with Gasteiger partial charge in [-0.15, -0.1) is 0 Å². The number of phenols is 1. The quantitative estimate of drug-likeness (QED) is 0.390. The Hall–Kier alpha value is -2.66. The Balaban J connectivity index is 2.17. The highest BCUT2D eigenvalue weighted by Gasteiger charge is 2.20. The molecule has 4 N–H and O–H groups in total. The van der Waals surface area contributed by atoms with Crippen LogP contribution in [0.15, 0.2) is 64.4 Å². The lowest BCUT2D eigenvalue weighted by atomic mass is 10.1. The molecule has 0 radical (unpaired) electrons. The molecule has 0 amide bonds. The van der Waals surface area contributed by atoms with E-state index in [2.05, 4.69) is 5.32 Å². The van der Waals surface area contributed by atoms with E-state index in [9.17, 15) is 31.0 Å². The summed E-state index contributed by atoms with van der Waals surface area (Å²) in [5, 5.41) is 12.6. The van der Waals surface area contributed by atoms with Crippen molar-refractivity contribution in [2.45, 2.75) is 9.79 Å². The molecule has 0 saturated carbocycles. The number of hydrogen-bond acceptors (Lipinski definition) is 6. The zero-order valence-corrected chi connectivity index (χ0v) is 14.6. The summed E-state index contributed by atoms with van der Waals surface area (Å²) >= 11 is 0. The van der Waals surface area contributed by atoms with Gasteiger partial charge in [-0.05, 0) is 53.9 Å². The van der Waals surface area contributed by atoms with Gasteiger partial charge in [0.2, 0.25) is 0 Å². The number of rotatable bonds is 4. The molecule has 0 atom stereocenters. The zero-order valence-electron chi connectivity index (χ0n) is 13.0. The summed E-state index contributed by atoms with van der Waals surface area (Å²) in [6, 6.07) is 12.3. The Bertz CT molecular complexity index is 1200. The minimum atomic E-state index is -4.71. The van der Waals surface area contributed by atoms with Crippen LogP contribution >= 0.6 is 0 Å². The van der Waals surface area contributed by atoms with Crippen LogP contribution in [0.3, 0.4) is 0 Å². The van der Waals surface area contributed by atoms with Crippen LogP contribution in [0.1, 0.15) is 0 Å². The Morgan fingerprint density at radius 2 is 1.35 bits per heavy atom. The molecule has 0 heterocycles. The normalized spacial score (nSPS) is 12.2. The molecule has 0 aromatic heterocycles. The fourth-order valence-corrected chi connectivity index (χ4v) is 3.82. The predicted molar refractivity (Wildman–Crippen MR) is 95.0 cm³/mol. The standard InChI is InChI=1S/C16H13NO7S2/c18-13-4-1-11(2-5-13)17-12-3-6-15-10(7-12)8-14(25(19,20)21)9-16(15)26(22,23)24/h1-9,17-18H,(H,19,20,21)(H,22,23,24).